The molecule has 0 aromatic heterocycles. The van der Waals surface area contributed by atoms with E-state index in [1.807, 2.05) is 71.6 Å². The van der Waals surface area contributed by atoms with Crippen LogP contribution in [-0.4, -0.2) is 5.91 Å². The Kier molecular flexibility index (Phi) is 5.20. The summed E-state index contributed by atoms with van der Waals surface area (Å²) in [6.45, 7) is 0. The first-order valence-corrected chi connectivity index (χ1v) is 9.76. The van der Waals surface area contributed by atoms with Crippen molar-refractivity contribution in [3.63, 3.8) is 0 Å². The SMILES string of the molecule is O=C1C(Cc2ccccc2)CC(c2ccccc2Cl)N1c1ccc(Cl)cc1. The van der Waals surface area contributed by atoms with E-state index in [9.17, 15) is 4.79 Å². The van der Waals surface area contributed by atoms with E-state index in [1.165, 1.54) is 5.56 Å². The van der Waals surface area contributed by atoms with Crippen molar-refractivity contribution in [1.82, 2.24) is 0 Å². The van der Waals surface area contributed by atoms with Gasteiger partial charge in [0, 0.05) is 21.7 Å². The van der Waals surface area contributed by atoms with Gasteiger partial charge in [-0.05, 0) is 54.3 Å². The average molecular weight is 396 g/mol. The van der Waals surface area contributed by atoms with E-state index in [2.05, 4.69) is 12.1 Å². The molecule has 27 heavy (non-hydrogen) atoms. The van der Waals surface area contributed by atoms with Gasteiger partial charge in [-0.1, -0.05) is 71.7 Å². The number of benzene rings is 3. The molecular formula is C23H19Cl2NO. The maximum atomic E-state index is 13.3. The minimum Gasteiger partial charge on any atom is -0.305 e. The Morgan fingerprint density at radius 1 is 0.852 bits per heavy atom. The summed E-state index contributed by atoms with van der Waals surface area (Å²) in [4.78, 5) is 15.2. The molecule has 2 nitrogen and oxygen atoms in total. The van der Waals surface area contributed by atoms with Gasteiger partial charge in [0.2, 0.25) is 5.91 Å². The van der Waals surface area contributed by atoms with E-state index in [0.29, 0.717) is 10.0 Å². The first-order chi connectivity index (χ1) is 13.1. The smallest absolute Gasteiger partial charge is 0.231 e. The van der Waals surface area contributed by atoms with Crippen molar-refractivity contribution in [3.05, 3.63) is 100 Å². The van der Waals surface area contributed by atoms with Crippen molar-refractivity contribution in [2.45, 2.75) is 18.9 Å². The molecule has 136 valence electrons. The summed E-state index contributed by atoms with van der Waals surface area (Å²) in [7, 11) is 0. The molecule has 0 bridgehead atoms. The van der Waals surface area contributed by atoms with Crippen LogP contribution in [0.2, 0.25) is 10.0 Å². The molecule has 1 aliphatic heterocycles. The summed E-state index contributed by atoms with van der Waals surface area (Å²) in [5.74, 6) is 0.0513. The molecule has 3 aromatic rings. The first-order valence-electron chi connectivity index (χ1n) is 9.00. The average Bonchev–Trinajstić information content (AvgIpc) is 3.00. The molecule has 0 radical (unpaired) electrons. The molecular weight excluding hydrogens is 377 g/mol. The molecule has 1 heterocycles. The van der Waals surface area contributed by atoms with E-state index in [4.69, 9.17) is 23.2 Å². The van der Waals surface area contributed by atoms with Gasteiger partial charge in [-0.15, -0.1) is 0 Å². The molecule has 0 saturated carbocycles. The summed E-state index contributed by atoms with van der Waals surface area (Å²) < 4.78 is 0. The highest BCUT2D eigenvalue weighted by Gasteiger charge is 2.41. The maximum Gasteiger partial charge on any atom is 0.231 e. The fourth-order valence-corrected chi connectivity index (χ4v) is 4.20. The van der Waals surface area contributed by atoms with Crippen LogP contribution < -0.4 is 4.90 Å². The predicted octanol–water partition coefficient (Wildman–Crippen LogP) is 6.33. The van der Waals surface area contributed by atoms with Gasteiger partial charge in [-0.3, -0.25) is 4.79 Å². The van der Waals surface area contributed by atoms with Crippen LogP contribution in [0.5, 0.6) is 0 Å². The summed E-state index contributed by atoms with van der Waals surface area (Å²) in [5, 5.41) is 1.34. The van der Waals surface area contributed by atoms with Crippen LogP contribution >= 0.6 is 23.2 Å². The maximum absolute atomic E-state index is 13.3. The monoisotopic (exact) mass is 395 g/mol. The minimum atomic E-state index is -0.0823. The largest absolute Gasteiger partial charge is 0.305 e. The lowest BCUT2D eigenvalue weighted by Gasteiger charge is -2.26. The third-order valence-electron chi connectivity index (χ3n) is 5.10. The zero-order valence-corrected chi connectivity index (χ0v) is 16.2. The van der Waals surface area contributed by atoms with Gasteiger partial charge < -0.3 is 4.90 Å². The molecule has 1 amide bonds. The molecule has 0 spiro atoms. The number of amides is 1. The van der Waals surface area contributed by atoms with Crippen LogP contribution in [0.3, 0.4) is 0 Å². The lowest BCUT2D eigenvalue weighted by atomic mass is 9.94. The Labute approximate surface area is 169 Å². The van der Waals surface area contributed by atoms with E-state index in [0.717, 1.165) is 24.1 Å². The predicted molar refractivity (Wildman–Crippen MR) is 111 cm³/mol. The quantitative estimate of drug-likeness (QED) is 0.505. The number of hydrogen-bond donors (Lipinski definition) is 0. The fraction of sp³-hybridized carbons (Fsp3) is 0.174. The number of carbonyl (C=O) groups is 1. The van der Waals surface area contributed by atoms with Gasteiger partial charge in [0.25, 0.3) is 0 Å². The Morgan fingerprint density at radius 2 is 1.52 bits per heavy atom. The van der Waals surface area contributed by atoms with Crippen LogP contribution in [0, 0.1) is 5.92 Å². The van der Waals surface area contributed by atoms with Crippen LogP contribution in [-0.2, 0) is 11.2 Å². The number of rotatable bonds is 4. The fourth-order valence-electron chi connectivity index (χ4n) is 3.82. The number of anilines is 1. The Hall–Kier alpha value is -2.29. The second-order valence-electron chi connectivity index (χ2n) is 6.84. The van der Waals surface area contributed by atoms with Crippen LogP contribution in [0.15, 0.2) is 78.9 Å². The lowest BCUT2D eigenvalue weighted by Crippen LogP contribution is -2.30. The van der Waals surface area contributed by atoms with Crippen molar-refractivity contribution in [2.75, 3.05) is 4.90 Å². The second-order valence-corrected chi connectivity index (χ2v) is 7.69. The molecule has 0 N–H and O–H groups in total. The zero-order valence-electron chi connectivity index (χ0n) is 14.7. The molecule has 3 aromatic carbocycles. The molecule has 4 heteroatoms. The van der Waals surface area contributed by atoms with Crippen LogP contribution in [0.1, 0.15) is 23.6 Å². The molecule has 4 rings (SSSR count). The number of halogens is 2. The van der Waals surface area contributed by atoms with Crippen molar-refractivity contribution in [3.8, 4) is 0 Å². The van der Waals surface area contributed by atoms with Crippen LogP contribution in [0.4, 0.5) is 5.69 Å². The summed E-state index contributed by atoms with van der Waals surface area (Å²) >= 11 is 12.5. The summed E-state index contributed by atoms with van der Waals surface area (Å²) in [6.07, 6.45) is 1.46. The molecule has 0 aliphatic carbocycles. The third-order valence-corrected chi connectivity index (χ3v) is 5.70. The molecule has 2 atom stereocenters. The van der Waals surface area contributed by atoms with Crippen molar-refractivity contribution in [1.29, 1.82) is 0 Å². The molecule has 2 unspecified atom stereocenters. The number of hydrogen-bond acceptors (Lipinski definition) is 1. The van der Waals surface area contributed by atoms with Gasteiger partial charge in [0.15, 0.2) is 0 Å². The van der Waals surface area contributed by atoms with E-state index < -0.39 is 0 Å². The van der Waals surface area contributed by atoms with Gasteiger partial charge in [0.05, 0.1) is 6.04 Å². The Morgan fingerprint density at radius 3 is 2.22 bits per heavy atom. The summed E-state index contributed by atoms with van der Waals surface area (Å²) in [5.41, 5.74) is 3.01. The molecule has 1 fully saturated rings. The summed E-state index contributed by atoms with van der Waals surface area (Å²) in [6, 6.07) is 25.3. The standard InChI is InChI=1S/C23H19Cl2NO/c24-18-10-12-19(13-11-18)26-22(20-8-4-5-9-21(20)25)15-17(23(26)27)14-16-6-2-1-3-7-16/h1-13,17,22H,14-15H2. The minimum absolute atomic E-state index is 0.0793. The van der Waals surface area contributed by atoms with E-state index in [-0.39, 0.29) is 17.9 Å². The number of carbonyl (C=O) groups excluding carboxylic acids is 1. The van der Waals surface area contributed by atoms with Gasteiger partial charge in [-0.2, -0.15) is 0 Å². The van der Waals surface area contributed by atoms with E-state index in [1.54, 1.807) is 0 Å². The Balaban J connectivity index is 1.71. The topological polar surface area (TPSA) is 20.3 Å². The normalized spacial score (nSPS) is 19.5. The lowest BCUT2D eigenvalue weighted by molar-refractivity contribution is -0.120. The Bertz CT molecular complexity index is 940. The highest BCUT2D eigenvalue weighted by Crippen LogP contribution is 2.43. The van der Waals surface area contributed by atoms with Crippen molar-refractivity contribution >= 4 is 34.8 Å². The van der Waals surface area contributed by atoms with Crippen molar-refractivity contribution < 1.29 is 4.79 Å². The van der Waals surface area contributed by atoms with Crippen LogP contribution in [0.25, 0.3) is 0 Å². The van der Waals surface area contributed by atoms with E-state index >= 15 is 0 Å². The highest BCUT2D eigenvalue weighted by molar-refractivity contribution is 6.31. The third kappa shape index (κ3) is 3.73. The van der Waals surface area contributed by atoms with Gasteiger partial charge >= 0.3 is 0 Å². The molecule has 1 saturated heterocycles. The second kappa shape index (κ2) is 7.75. The first kappa shape index (κ1) is 18.1. The van der Waals surface area contributed by atoms with Crippen molar-refractivity contribution in [2.24, 2.45) is 5.92 Å². The molecule has 1 aliphatic rings. The van der Waals surface area contributed by atoms with Gasteiger partial charge in [0.1, 0.15) is 0 Å². The number of nitrogens with zero attached hydrogens (tertiary/aromatic N) is 1. The van der Waals surface area contributed by atoms with Gasteiger partial charge in [-0.25, -0.2) is 0 Å². The zero-order chi connectivity index (χ0) is 18.8. The highest BCUT2D eigenvalue weighted by atomic mass is 35.5.